The maximum atomic E-state index is 13.7. The molecule has 0 bridgehead atoms. The summed E-state index contributed by atoms with van der Waals surface area (Å²) in [5, 5.41) is 3.55. The van der Waals surface area contributed by atoms with Crippen LogP contribution < -0.4 is 5.32 Å². The van der Waals surface area contributed by atoms with Crippen LogP contribution in [0.4, 0.5) is 4.39 Å². The molecule has 1 aromatic carbocycles. The van der Waals surface area contributed by atoms with Crippen LogP contribution in [0.15, 0.2) is 24.3 Å². The summed E-state index contributed by atoms with van der Waals surface area (Å²) in [6.45, 7) is 7.34. The number of rotatable bonds is 7. The van der Waals surface area contributed by atoms with Crippen LogP contribution in [0.1, 0.15) is 32.3 Å². The van der Waals surface area contributed by atoms with Crippen molar-refractivity contribution in [1.82, 2.24) is 10.2 Å². The van der Waals surface area contributed by atoms with Gasteiger partial charge in [-0.2, -0.15) is 0 Å². The van der Waals surface area contributed by atoms with Gasteiger partial charge in [-0.05, 0) is 50.9 Å². The predicted octanol–water partition coefficient (Wildman–Crippen LogP) is 3.28. The molecule has 2 atom stereocenters. The van der Waals surface area contributed by atoms with Crippen LogP contribution in [0.25, 0.3) is 0 Å². The third-order valence-corrected chi connectivity index (χ3v) is 4.28. The number of nitrogens with zero attached hydrogens (tertiary/aromatic N) is 1. The summed E-state index contributed by atoms with van der Waals surface area (Å²) in [5.41, 5.74) is 0.802. The van der Waals surface area contributed by atoms with Crippen molar-refractivity contribution < 1.29 is 4.39 Å². The molecule has 0 saturated heterocycles. The van der Waals surface area contributed by atoms with E-state index in [2.05, 4.69) is 31.1 Å². The average Bonchev–Trinajstić information content (AvgIpc) is 2.35. The van der Waals surface area contributed by atoms with Gasteiger partial charge >= 0.3 is 0 Å². The van der Waals surface area contributed by atoms with Gasteiger partial charge < -0.3 is 5.32 Å². The van der Waals surface area contributed by atoms with Gasteiger partial charge in [0.1, 0.15) is 5.82 Å². The maximum Gasteiger partial charge on any atom is 0.127 e. The van der Waals surface area contributed by atoms with Gasteiger partial charge in [-0.1, -0.05) is 32.0 Å². The van der Waals surface area contributed by atoms with Crippen molar-refractivity contribution in [3.05, 3.63) is 35.6 Å². The third kappa shape index (κ3) is 4.03. The van der Waals surface area contributed by atoms with Gasteiger partial charge in [-0.3, -0.25) is 4.90 Å². The second kappa shape index (κ2) is 7.19. The number of halogens is 1. The molecule has 2 nitrogen and oxygen atoms in total. The van der Waals surface area contributed by atoms with E-state index in [-0.39, 0.29) is 5.82 Å². The van der Waals surface area contributed by atoms with Crippen molar-refractivity contribution in [2.45, 2.75) is 39.3 Å². The molecular weight excluding hydrogens is 251 g/mol. The Balaban J connectivity index is 1.81. The number of hydrogen-bond donors (Lipinski definition) is 1. The molecule has 1 N–H and O–H groups in total. The van der Waals surface area contributed by atoms with Crippen molar-refractivity contribution in [1.29, 1.82) is 0 Å². The standard InChI is InChI=1S/C17H27FN2/c1-13(2)10-19-11-14-8-9-17(14)20(3)12-15-6-4-5-7-16(15)18/h4-7,13-14,17,19H,8-12H2,1-3H3. The summed E-state index contributed by atoms with van der Waals surface area (Å²) in [5.74, 6) is 1.32. The van der Waals surface area contributed by atoms with E-state index >= 15 is 0 Å². The van der Waals surface area contributed by atoms with E-state index < -0.39 is 0 Å². The molecule has 1 aromatic rings. The third-order valence-electron chi connectivity index (χ3n) is 4.28. The van der Waals surface area contributed by atoms with Crippen LogP contribution in [0.5, 0.6) is 0 Å². The summed E-state index contributed by atoms with van der Waals surface area (Å²) in [6.07, 6.45) is 2.52. The van der Waals surface area contributed by atoms with Crippen molar-refractivity contribution in [2.75, 3.05) is 20.1 Å². The molecule has 0 aromatic heterocycles. The topological polar surface area (TPSA) is 15.3 Å². The maximum absolute atomic E-state index is 13.7. The minimum atomic E-state index is -0.0897. The van der Waals surface area contributed by atoms with Crippen LogP contribution in [0, 0.1) is 17.7 Å². The Morgan fingerprint density at radius 3 is 2.65 bits per heavy atom. The molecule has 2 unspecified atom stereocenters. The molecule has 2 rings (SSSR count). The minimum absolute atomic E-state index is 0.0897. The van der Waals surface area contributed by atoms with E-state index in [1.807, 2.05) is 12.1 Å². The van der Waals surface area contributed by atoms with E-state index in [4.69, 9.17) is 0 Å². The molecule has 0 spiro atoms. The Bertz CT molecular complexity index is 419. The van der Waals surface area contributed by atoms with Gasteiger partial charge in [0.05, 0.1) is 0 Å². The summed E-state index contributed by atoms with van der Waals surface area (Å²) in [7, 11) is 2.12. The Morgan fingerprint density at radius 2 is 2.05 bits per heavy atom. The van der Waals surface area contributed by atoms with E-state index in [0.29, 0.717) is 24.4 Å². The summed E-state index contributed by atoms with van der Waals surface area (Å²) >= 11 is 0. The second-order valence-electron chi connectivity index (χ2n) is 6.46. The smallest absolute Gasteiger partial charge is 0.127 e. The largest absolute Gasteiger partial charge is 0.316 e. The van der Waals surface area contributed by atoms with Gasteiger partial charge in [0.2, 0.25) is 0 Å². The van der Waals surface area contributed by atoms with E-state index in [0.717, 1.165) is 18.7 Å². The molecule has 1 fully saturated rings. The minimum Gasteiger partial charge on any atom is -0.316 e. The molecule has 0 aliphatic heterocycles. The number of benzene rings is 1. The predicted molar refractivity (Wildman–Crippen MR) is 82.1 cm³/mol. The second-order valence-corrected chi connectivity index (χ2v) is 6.46. The van der Waals surface area contributed by atoms with Crippen molar-refractivity contribution in [3.8, 4) is 0 Å². The first-order valence-corrected chi connectivity index (χ1v) is 7.72. The van der Waals surface area contributed by atoms with Crippen LogP contribution in [0.2, 0.25) is 0 Å². The SMILES string of the molecule is CC(C)CNCC1CCC1N(C)Cc1ccccc1F. The molecule has 1 saturated carbocycles. The number of nitrogens with one attached hydrogen (secondary N) is 1. The molecule has 1 aliphatic rings. The van der Waals surface area contributed by atoms with Crippen molar-refractivity contribution >= 4 is 0 Å². The van der Waals surface area contributed by atoms with Crippen molar-refractivity contribution in [2.24, 2.45) is 11.8 Å². The highest BCUT2D eigenvalue weighted by atomic mass is 19.1. The molecular formula is C17H27FN2. The first kappa shape index (κ1) is 15.5. The molecule has 20 heavy (non-hydrogen) atoms. The van der Waals surface area contributed by atoms with Crippen LogP contribution in [-0.4, -0.2) is 31.1 Å². The fourth-order valence-corrected chi connectivity index (χ4v) is 2.94. The van der Waals surface area contributed by atoms with Gasteiger partial charge in [-0.25, -0.2) is 4.39 Å². The lowest BCUT2D eigenvalue weighted by atomic mass is 9.78. The van der Waals surface area contributed by atoms with Crippen molar-refractivity contribution in [3.63, 3.8) is 0 Å². The highest BCUT2D eigenvalue weighted by Gasteiger charge is 2.33. The Labute approximate surface area is 122 Å². The van der Waals surface area contributed by atoms with E-state index in [1.54, 1.807) is 12.1 Å². The molecule has 112 valence electrons. The number of hydrogen-bond acceptors (Lipinski definition) is 2. The fourth-order valence-electron chi connectivity index (χ4n) is 2.94. The van der Waals surface area contributed by atoms with E-state index in [9.17, 15) is 4.39 Å². The molecule has 1 aliphatic carbocycles. The van der Waals surface area contributed by atoms with Gasteiger partial charge in [-0.15, -0.1) is 0 Å². The lowest BCUT2D eigenvalue weighted by Crippen LogP contribution is -2.49. The highest BCUT2D eigenvalue weighted by Crippen LogP contribution is 2.32. The monoisotopic (exact) mass is 278 g/mol. The summed E-state index contributed by atoms with van der Waals surface area (Å²) in [4.78, 5) is 2.31. The zero-order chi connectivity index (χ0) is 14.5. The quantitative estimate of drug-likeness (QED) is 0.823. The Hall–Kier alpha value is -0.930. The molecule has 3 heteroatoms. The highest BCUT2D eigenvalue weighted by molar-refractivity contribution is 5.17. The average molecular weight is 278 g/mol. The van der Waals surface area contributed by atoms with E-state index in [1.165, 1.54) is 12.8 Å². The first-order chi connectivity index (χ1) is 9.58. The summed E-state index contributed by atoms with van der Waals surface area (Å²) in [6, 6.07) is 7.69. The summed E-state index contributed by atoms with van der Waals surface area (Å²) < 4.78 is 13.7. The van der Waals surface area contributed by atoms with Crippen LogP contribution in [0.3, 0.4) is 0 Å². The van der Waals surface area contributed by atoms with Crippen LogP contribution in [-0.2, 0) is 6.54 Å². The normalized spacial score (nSPS) is 22.3. The first-order valence-electron chi connectivity index (χ1n) is 7.72. The Morgan fingerprint density at radius 1 is 1.30 bits per heavy atom. The lowest BCUT2D eigenvalue weighted by molar-refractivity contribution is 0.0768. The van der Waals surface area contributed by atoms with Gasteiger partial charge in [0, 0.05) is 18.2 Å². The van der Waals surface area contributed by atoms with Crippen LogP contribution >= 0.6 is 0 Å². The van der Waals surface area contributed by atoms with Gasteiger partial charge in [0.15, 0.2) is 0 Å². The lowest BCUT2D eigenvalue weighted by Gasteiger charge is -2.43. The molecule has 0 heterocycles. The zero-order valence-corrected chi connectivity index (χ0v) is 12.9. The molecule has 0 amide bonds. The Kier molecular flexibility index (Phi) is 5.55. The molecule has 0 radical (unpaired) electrons. The zero-order valence-electron chi connectivity index (χ0n) is 12.9. The van der Waals surface area contributed by atoms with Gasteiger partial charge in [0.25, 0.3) is 0 Å². The fraction of sp³-hybridized carbons (Fsp3) is 0.647.